The average Bonchev–Trinajstić information content (AvgIpc) is 2.79. The minimum absolute atomic E-state index is 0.192. The minimum Gasteiger partial charge on any atom is -0.313 e. The van der Waals surface area contributed by atoms with Gasteiger partial charge < -0.3 is 5.32 Å². The first-order chi connectivity index (χ1) is 7.11. The molecule has 2 fully saturated rings. The van der Waals surface area contributed by atoms with Crippen LogP contribution >= 0.6 is 0 Å². The van der Waals surface area contributed by atoms with E-state index in [0.717, 1.165) is 11.8 Å². The molecule has 2 bridgehead atoms. The molecule has 2 saturated carbocycles. The molecule has 3 atom stereocenters. The van der Waals surface area contributed by atoms with Crippen LogP contribution in [0.4, 0.5) is 0 Å². The van der Waals surface area contributed by atoms with E-state index < -0.39 is 10.0 Å². The Bertz CT molecular complexity index is 315. The Balaban J connectivity index is 1.71. The summed E-state index contributed by atoms with van der Waals surface area (Å²) in [5, 5.41) is 3.38. The number of hydrogen-bond acceptors (Lipinski definition) is 3. The molecular formula is C10H20N2O2S. The summed E-state index contributed by atoms with van der Waals surface area (Å²) in [6, 6.07) is 0.579. The molecule has 0 radical (unpaired) electrons. The molecule has 15 heavy (non-hydrogen) atoms. The molecule has 0 amide bonds. The van der Waals surface area contributed by atoms with E-state index in [-0.39, 0.29) is 5.75 Å². The molecule has 2 aliphatic carbocycles. The largest absolute Gasteiger partial charge is 0.313 e. The maximum Gasteiger partial charge on any atom is 0.212 e. The summed E-state index contributed by atoms with van der Waals surface area (Å²) in [5.41, 5.74) is 0. The zero-order valence-corrected chi connectivity index (χ0v) is 10.0. The molecule has 0 aromatic carbocycles. The van der Waals surface area contributed by atoms with Crippen LogP contribution in [0.25, 0.3) is 0 Å². The van der Waals surface area contributed by atoms with Crippen molar-refractivity contribution in [3.63, 3.8) is 0 Å². The van der Waals surface area contributed by atoms with Gasteiger partial charge in [0.25, 0.3) is 0 Å². The van der Waals surface area contributed by atoms with Gasteiger partial charge in [-0.25, -0.2) is 13.1 Å². The van der Waals surface area contributed by atoms with Gasteiger partial charge in [0.1, 0.15) is 0 Å². The Kier molecular flexibility index (Phi) is 3.33. The van der Waals surface area contributed by atoms with Gasteiger partial charge in [-0.05, 0) is 38.1 Å². The molecule has 0 aliphatic heterocycles. The maximum atomic E-state index is 11.2. The van der Waals surface area contributed by atoms with Crippen molar-refractivity contribution in [2.45, 2.75) is 31.7 Å². The fraction of sp³-hybridized carbons (Fsp3) is 1.00. The minimum atomic E-state index is -3.04. The van der Waals surface area contributed by atoms with Crippen LogP contribution in [0.2, 0.25) is 0 Å². The monoisotopic (exact) mass is 232 g/mol. The van der Waals surface area contributed by atoms with Crippen molar-refractivity contribution in [3.05, 3.63) is 0 Å². The van der Waals surface area contributed by atoms with E-state index >= 15 is 0 Å². The molecule has 2 rings (SSSR count). The Morgan fingerprint density at radius 2 is 2.07 bits per heavy atom. The summed E-state index contributed by atoms with van der Waals surface area (Å²) in [6.45, 7) is 0.580. The molecule has 88 valence electrons. The number of rotatable bonds is 5. The zero-order valence-electron chi connectivity index (χ0n) is 9.20. The third-order valence-electron chi connectivity index (χ3n) is 3.83. The van der Waals surface area contributed by atoms with Gasteiger partial charge in [-0.15, -0.1) is 0 Å². The highest BCUT2D eigenvalue weighted by Gasteiger charge is 2.38. The summed E-state index contributed by atoms with van der Waals surface area (Å²) in [6.07, 6.45) is 5.33. The second-order valence-electron chi connectivity index (χ2n) is 4.76. The lowest BCUT2D eigenvalue weighted by Crippen LogP contribution is -2.38. The molecule has 2 N–H and O–H groups in total. The molecular weight excluding hydrogens is 212 g/mol. The van der Waals surface area contributed by atoms with Crippen LogP contribution < -0.4 is 10.0 Å². The molecule has 5 heteroatoms. The Morgan fingerprint density at radius 3 is 2.60 bits per heavy atom. The molecule has 3 unspecified atom stereocenters. The Labute approximate surface area is 91.9 Å². The summed E-state index contributed by atoms with van der Waals surface area (Å²) >= 11 is 0. The van der Waals surface area contributed by atoms with Crippen molar-refractivity contribution < 1.29 is 8.42 Å². The molecule has 0 heterocycles. The molecule has 0 spiro atoms. The van der Waals surface area contributed by atoms with Crippen molar-refractivity contribution >= 4 is 10.0 Å². The first-order valence-electron chi connectivity index (χ1n) is 5.75. The van der Waals surface area contributed by atoms with E-state index in [1.54, 1.807) is 0 Å². The summed E-state index contributed by atoms with van der Waals surface area (Å²) in [5.74, 6) is 1.91. The second kappa shape index (κ2) is 4.39. The second-order valence-corrected chi connectivity index (χ2v) is 6.80. The van der Waals surface area contributed by atoms with Gasteiger partial charge >= 0.3 is 0 Å². The highest BCUT2D eigenvalue weighted by molar-refractivity contribution is 7.89. The standard InChI is InChI=1S/C10H20N2O2S/c1-11-15(13,14)5-4-12-10-7-8-2-3-9(10)6-8/h8-12H,2-7H2,1H3. The van der Waals surface area contributed by atoms with E-state index in [1.165, 1.54) is 32.7 Å². The van der Waals surface area contributed by atoms with Crippen LogP contribution in [-0.4, -0.2) is 33.8 Å². The topological polar surface area (TPSA) is 58.2 Å². The highest BCUT2D eigenvalue weighted by atomic mass is 32.2. The van der Waals surface area contributed by atoms with Crippen molar-refractivity contribution in [1.29, 1.82) is 0 Å². The first-order valence-corrected chi connectivity index (χ1v) is 7.40. The van der Waals surface area contributed by atoms with E-state index in [4.69, 9.17) is 0 Å². The first kappa shape index (κ1) is 11.4. The quantitative estimate of drug-likeness (QED) is 0.717. The van der Waals surface area contributed by atoms with Crippen molar-refractivity contribution in [2.75, 3.05) is 19.3 Å². The van der Waals surface area contributed by atoms with Crippen molar-refractivity contribution in [2.24, 2.45) is 11.8 Å². The highest BCUT2D eigenvalue weighted by Crippen LogP contribution is 2.44. The van der Waals surface area contributed by atoms with Crippen LogP contribution in [0, 0.1) is 11.8 Å². The lowest BCUT2D eigenvalue weighted by atomic mass is 9.95. The predicted octanol–water partition coefficient (Wildman–Crippen LogP) is 0.314. The predicted molar refractivity (Wildman–Crippen MR) is 60.1 cm³/mol. The number of sulfonamides is 1. The molecule has 0 aromatic heterocycles. The molecule has 2 aliphatic rings. The molecule has 0 saturated heterocycles. The van der Waals surface area contributed by atoms with Gasteiger partial charge in [0, 0.05) is 12.6 Å². The number of hydrogen-bond donors (Lipinski definition) is 2. The number of fused-ring (bicyclic) bond motifs is 2. The number of nitrogens with one attached hydrogen (secondary N) is 2. The maximum absolute atomic E-state index is 11.2. The van der Waals surface area contributed by atoms with Crippen LogP contribution in [0.15, 0.2) is 0 Å². The van der Waals surface area contributed by atoms with Crippen LogP contribution in [0.3, 0.4) is 0 Å². The van der Waals surface area contributed by atoms with E-state index in [0.29, 0.717) is 12.6 Å². The summed E-state index contributed by atoms with van der Waals surface area (Å²) in [4.78, 5) is 0. The van der Waals surface area contributed by atoms with Gasteiger partial charge in [-0.1, -0.05) is 6.42 Å². The summed E-state index contributed by atoms with van der Waals surface area (Å²) < 4.78 is 24.7. The van der Waals surface area contributed by atoms with Gasteiger partial charge in [0.2, 0.25) is 10.0 Å². The lowest BCUT2D eigenvalue weighted by molar-refractivity contribution is 0.358. The normalized spacial score (nSPS) is 34.9. The van der Waals surface area contributed by atoms with Gasteiger partial charge in [-0.2, -0.15) is 0 Å². The fourth-order valence-corrected chi connectivity index (χ4v) is 3.57. The average molecular weight is 232 g/mol. The molecule has 0 aromatic rings. The molecule has 4 nitrogen and oxygen atoms in total. The van der Waals surface area contributed by atoms with Crippen molar-refractivity contribution in [1.82, 2.24) is 10.0 Å². The van der Waals surface area contributed by atoms with Crippen LogP contribution in [0.1, 0.15) is 25.7 Å². The zero-order chi connectivity index (χ0) is 10.9. The fourth-order valence-electron chi connectivity index (χ4n) is 2.98. The van der Waals surface area contributed by atoms with E-state index in [9.17, 15) is 8.42 Å². The Morgan fingerprint density at radius 1 is 1.27 bits per heavy atom. The van der Waals surface area contributed by atoms with Crippen LogP contribution in [-0.2, 0) is 10.0 Å². The van der Waals surface area contributed by atoms with Gasteiger partial charge in [-0.3, -0.25) is 0 Å². The van der Waals surface area contributed by atoms with E-state index in [2.05, 4.69) is 10.0 Å². The third kappa shape index (κ3) is 2.71. The van der Waals surface area contributed by atoms with Crippen LogP contribution in [0.5, 0.6) is 0 Å². The lowest BCUT2D eigenvalue weighted by Gasteiger charge is -2.22. The van der Waals surface area contributed by atoms with Gasteiger partial charge in [0.15, 0.2) is 0 Å². The Hall–Kier alpha value is -0.130. The summed E-state index contributed by atoms with van der Waals surface area (Å²) in [7, 11) is -1.57. The van der Waals surface area contributed by atoms with Gasteiger partial charge in [0.05, 0.1) is 5.75 Å². The SMILES string of the molecule is CNS(=O)(=O)CCNC1CC2CCC1C2. The third-order valence-corrected chi connectivity index (χ3v) is 5.19. The van der Waals surface area contributed by atoms with E-state index in [1.807, 2.05) is 0 Å². The smallest absolute Gasteiger partial charge is 0.212 e. The van der Waals surface area contributed by atoms with Crippen molar-refractivity contribution in [3.8, 4) is 0 Å².